The van der Waals surface area contributed by atoms with Crippen LogP contribution in [0, 0.1) is 0 Å². The lowest BCUT2D eigenvalue weighted by molar-refractivity contribution is 0.288. The molecule has 1 unspecified atom stereocenters. The van der Waals surface area contributed by atoms with Crippen LogP contribution in [0.25, 0.3) is 10.9 Å². The Hall–Kier alpha value is -2.99. The molecule has 0 radical (unpaired) electrons. The molecule has 0 aliphatic heterocycles. The molecule has 0 amide bonds. The van der Waals surface area contributed by atoms with Crippen molar-refractivity contribution >= 4 is 16.9 Å². The number of benzene rings is 2. The summed E-state index contributed by atoms with van der Waals surface area (Å²) >= 11 is 0. The van der Waals surface area contributed by atoms with Crippen LogP contribution in [0.3, 0.4) is 0 Å². The van der Waals surface area contributed by atoms with E-state index in [1.54, 1.807) is 14.2 Å². The zero-order valence-corrected chi connectivity index (χ0v) is 17.7. The minimum Gasteiger partial charge on any atom is -0.496 e. The number of aromatic nitrogens is 1. The molecule has 6 nitrogen and oxygen atoms in total. The maximum Gasteiger partial charge on any atom is 0.191 e. The van der Waals surface area contributed by atoms with E-state index in [0.717, 1.165) is 36.8 Å². The van der Waals surface area contributed by atoms with Crippen molar-refractivity contribution in [1.29, 1.82) is 0 Å². The first-order chi connectivity index (χ1) is 14.1. The number of rotatable bonds is 8. The number of nitrogens with zero attached hydrogens (tertiary/aromatic N) is 2. The molecule has 3 N–H and O–H groups in total. The Labute approximate surface area is 173 Å². The Morgan fingerprint density at radius 1 is 1.10 bits per heavy atom. The number of ether oxygens (including phenoxy) is 1. The van der Waals surface area contributed by atoms with Crippen LogP contribution < -0.4 is 15.4 Å². The molecule has 0 aliphatic carbocycles. The second kappa shape index (κ2) is 9.98. The first-order valence-corrected chi connectivity index (χ1v) is 9.93. The molecule has 3 rings (SSSR count). The molecule has 0 aliphatic rings. The van der Waals surface area contributed by atoms with E-state index in [9.17, 15) is 0 Å². The largest absolute Gasteiger partial charge is 0.496 e. The van der Waals surface area contributed by atoms with Gasteiger partial charge < -0.3 is 25.3 Å². The Balaban J connectivity index is 1.57. The fraction of sp³-hybridized carbons (Fsp3) is 0.348. The Bertz CT molecular complexity index is 947. The highest BCUT2D eigenvalue weighted by Crippen LogP contribution is 2.27. The van der Waals surface area contributed by atoms with Crippen LogP contribution in [-0.4, -0.2) is 57.2 Å². The van der Waals surface area contributed by atoms with Gasteiger partial charge in [-0.3, -0.25) is 4.99 Å². The lowest BCUT2D eigenvalue weighted by Gasteiger charge is -2.27. The van der Waals surface area contributed by atoms with Gasteiger partial charge in [-0.15, -0.1) is 0 Å². The molecule has 0 saturated carbocycles. The van der Waals surface area contributed by atoms with Crippen molar-refractivity contribution in [3.63, 3.8) is 0 Å². The van der Waals surface area contributed by atoms with Crippen LogP contribution in [0.4, 0.5) is 0 Å². The Morgan fingerprint density at radius 3 is 2.62 bits per heavy atom. The van der Waals surface area contributed by atoms with E-state index < -0.39 is 0 Å². The molecule has 1 atom stereocenters. The molecule has 154 valence electrons. The first kappa shape index (κ1) is 20.7. The summed E-state index contributed by atoms with van der Waals surface area (Å²) < 4.78 is 5.55. The lowest BCUT2D eigenvalue weighted by atomic mass is 10.0. The highest BCUT2D eigenvalue weighted by atomic mass is 16.5. The zero-order valence-electron chi connectivity index (χ0n) is 17.7. The van der Waals surface area contributed by atoms with Gasteiger partial charge in [-0.05, 0) is 38.2 Å². The topological polar surface area (TPSA) is 64.7 Å². The number of nitrogens with one attached hydrogen (secondary N) is 3. The fourth-order valence-corrected chi connectivity index (χ4v) is 3.58. The van der Waals surface area contributed by atoms with Gasteiger partial charge in [-0.1, -0.05) is 36.4 Å². The average Bonchev–Trinajstić information content (AvgIpc) is 3.16. The Kier molecular flexibility index (Phi) is 7.14. The van der Waals surface area contributed by atoms with Crippen molar-refractivity contribution in [1.82, 2.24) is 20.5 Å². The second-order valence-electron chi connectivity index (χ2n) is 7.21. The predicted molar refractivity (Wildman–Crippen MR) is 121 cm³/mol. The number of hydrogen-bond donors (Lipinski definition) is 3. The number of likely N-dealkylation sites (N-methyl/N-ethyl adjacent to an activating group) is 1. The van der Waals surface area contributed by atoms with Gasteiger partial charge in [0.15, 0.2) is 5.96 Å². The number of aliphatic imine (C=N–C) groups is 1. The van der Waals surface area contributed by atoms with Crippen molar-refractivity contribution in [2.45, 2.75) is 12.5 Å². The van der Waals surface area contributed by atoms with Crippen LogP contribution in [0.1, 0.15) is 17.2 Å². The molecular weight excluding hydrogens is 362 g/mol. The molecule has 6 heteroatoms. The maximum absolute atomic E-state index is 5.55. The summed E-state index contributed by atoms with van der Waals surface area (Å²) in [4.78, 5) is 9.89. The summed E-state index contributed by atoms with van der Waals surface area (Å²) in [6, 6.07) is 16.7. The molecule has 0 spiro atoms. The van der Waals surface area contributed by atoms with Crippen molar-refractivity contribution in [3.05, 3.63) is 65.9 Å². The normalized spacial score (nSPS) is 12.9. The second-order valence-corrected chi connectivity index (χ2v) is 7.21. The molecule has 3 aromatic rings. The molecule has 2 aromatic carbocycles. The molecular formula is C23H31N5O. The van der Waals surface area contributed by atoms with E-state index >= 15 is 0 Å². The number of fused-ring (bicyclic) bond motifs is 1. The number of para-hydroxylation sites is 2. The molecule has 29 heavy (non-hydrogen) atoms. The summed E-state index contributed by atoms with van der Waals surface area (Å²) in [6.07, 6.45) is 3.01. The minimum absolute atomic E-state index is 0.165. The van der Waals surface area contributed by atoms with E-state index in [-0.39, 0.29) is 6.04 Å². The van der Waals surface area contributed by atoms with E-state index in [0.29, 0.717) is 0 Å². The molecule has 0 fully saturated rings. The smallest absolute Gasteiger partial charge is 0.191 e. The third-order valence-corrected chi connectivity index (χ3v) is 5.17. The number of guanidine groups is 1. The zero-order chi connectivity index (χ0) is 20.6. The third-order valence-electron chi connectivity index (χ3n) is 5.17. The maximum atomic E-state index is 5.55. The van der Waals surface area contributed by atoms with Gasteiger partial charge in [0.05, 0.1) is 13.2 Å². The standard InChI is InChI=1S/C23H31N5O/c1-24-23(25-14-13-17-15-26-20-11-7-5-9-18(17)20)27-16-21(28(2)3)19-10-6-8-12-22(19)29-4/h5-12,15,21,26H,13-14,16H2,1-4H3,(H2,24,25,27). The monoisotopic (exact) mass is 393 g/mol. The van der Waals surface area contributed by atoms with Crippen molar-refractivity contribution in [3.8, 4) is 5.75 Å². The van der Waals surface area contributed by atoms with Crippen molar-refractivity contribution < 1.29 is 4.74 Å². The van der Waals surface area contributed by atoms with E-state index in [1.165, 1.54) is 16.5 Å². The Morgan fingerprint density at radius 2 is 1.86 bits per heavy atom. The van der Waals surface area contributed by atoms with Crippen molar-refractivity contribution in [2.24, 2.45) is 4.99 Å². The molecule has 1 aromatic heterocycles. The predicted octanol–water partition coefficient (Wildman–Crippen LogP) is 3.19. The quantitative estimate of drug-likeness (QED) is 0.406. The van der Waals surface area contributed by atoms with Gasteiger partial charge in [0.2, 0.25) is 0 Å². The van der Waals surface area contributed by atoms with Crippen LogP contribution in [0.15, 0.2) is 59.7 Å². The highest BCUT2D eigenvalue weighted by Gasteiger charge is 2.18. The SMILES string of the molecule is CN=C(NCCc1c[nH]c2ccccc12)NCC(c1ccccc1OC)N(C)C. The van der Waals surface area contributed by atoms with E-state index in [4.69, 9.17) is 4.74 Å². The van der Waals surface area contributed by atoms with Crippen LogP contribution in [0.5, 0.6) is 5.75 Å². The van der Waals surface area contributed by atoms with Gasteiger partial charge in [0.1, 0.15) is 5.75 Å². The number of aromatic amines is 1. The molecule has 0 saturated heterocycles. The van der Waals surface area contributed by atoms with E-state index in [2.05, 4.69) is 76.1 Å². The molecule has 1 heterocycles. The van der Waals surface area contributed by atoms with Gasteiger partial charge in [0, 0.05) is 42.8 Å². The number of hydrogen-bond acceptors (Lipinski definition) is 3. The van der Waals surface area contributed by atoms with Crippen LogP contribution in [0.2, 0.25) is 0 Å². The van der Waals surface area contributed by atoms with Gasteiger partial charge in [0.25, 0.3) is 0 Å². The number of H-pyrrole nitrogens is 1. The lowest BCUT2D eigenvalue weighted by Crippen LogP contribution is -2.42. The van der Waals surface area contributed by atoms with Crippen LogP contribution >= 0.6 is 0 Å². The summed E-state index contributed by atoms with van der Waals surface area (Å²) in [6.45, 7) is 1.53. The summed E-state index contributed by atoms with van der Waals surface area (Å²) in [7, 11) is 7.66. The van der Waals surface area contributed by atoms with Crippen molar-refractivity contribution in [2.75, 3.05) is 41.3 Å². The summed E-state index contributed by atoms with van der Waals surface area (Å²) in [5.41, 5.74) is 3.64. The summed E-state index contributed by atoms with van der Waals surface area (Å²) in [5.74, 6) is 1.70. The third kappa shape index (κ3) is 5.09. The van der Waals surface area contributed by atoms with Gasteiger partial charge in [-0.25, -0.2) is 0 Å². The van der Waals surface area contributed by atoms with Gasteiger partial charge >= 0.3 is 0 Å². The van der Waals surface area contributed by atoms with Crippen LogP contribution in [-0.2, 0) is 6.42 Å². The average molecular weight is 394 g/mol. The first-order valence-electron chi connectivity index (χ1n) is 9.93. The van der Waals surface area contributed by atoms with Gasteiger partial charge in [-0.2, -0.15) is 0 Å². The fourth-order valence-electron chi connectivity index (χ4n) is 3.58. The van der Waals surface area contributed by atoms with E-state index in [1.807, 2.05) is 18.2 Å². The minimum atomic E-state index is 0.165. The summed E-state index contributed by atoms with van der Waals surface area (Å²) in [5, 5.41) is 8.15. The number of methoxy groups -OCH3 is 1. The highest BCUT2D eigenvalue weighted by molar-refractivity contribution is 5.83. The molecule has 0 bridgehead atoms.